The van der Waals surface area contributed by atoms with Gasteiger partial charge >= 0.3 is 0 Å². The molecule has 33 heavy (non-hydrogen) atoms. The lowest BCUT2D eigenvalue weighted by atomic mass is 9.83. The smallest absolute Gasteiger partial charge is 0.229 e. The van der Waals surface area contributed by atoms with E-state index in [0.717, 1.165) is 12.6 Å². The molecular weight excluding hydrogens is 423 g/mol. The molecule has 3 atom stereocenters. The highest BCUT2D eigenvalue weighted by Gasteiger charge is 2.32. The predicted molar refractivity (Wildman–Crippen MR) is 124 cm³/mol. The Balaban J connectivity index is 1.41. The maximum absolute atomic E-state index is 14.4. The molecule has 0 saturated carbocycles. The van der Waals surface area contributed by atoms with Gasteiger partial charge in [-0.2, -0.15) is 10.2 Å². The van der Waals surface area contributed by atoms with E-state index in [1.807, 2.05) is 0 Å². The largest absolute Gasteiger partial charge is 0.490 e. The van der Waals surface area contributed by atoms with Crippen LogP contribution in [-0.2, 0) is 0 Å². The number of benzene rings is 1. The van der Waals surface area contributed by atoms with Crippen molar-refractivity contribution in [2.24, 2.45) is 5.92 Å². The van der Waals surface area contributed by atoms with Gasteiger partial charge in [0, 0.05) is 18.3 Å². The fourth-order valence-corrected chi connectivity index (χ4v) is 4.75. The number of aliphatic hydroxyl groups is 1. The van der Waals surface area contributed by atoms with Gasteiger partial charge in [0.15, 0.2) is 11.6 Å². The van der Waals surface area contributed by atoms with Crippen LogP contribution < -0.4 is 15.4 Å². The van der Waals surface area contributed by atoms with Gasteiger partial charge in [-0.05, 0) is 69.8 Å². The lowest BCUT2D eigenvalue weighted by Gasteiger charge is -2.44. The highest BCUT2D eigenvalue weighted by molar-refractivity contribution is 5.61. The fourth-order valence-electron chi connectivity index (χ4n) is 4.75. The van der Waals surface area contributed by atoms with Gasteiger partial charge in [0.2, 0.25) is 5.95 Å². The summed E-state index contributed by atoms with van der Waals surface area (Å²) in [6, 6.07) is 7.62. The number of hydrogen-bond donors (Lipinski definition) is 3. The summed E-state index contributed by atoms with van der Waals surface area (Å²) in [5.74, 6) is 0.797. The number of fused-ring (bicyclic) bond motifs is 1. The second kappa shape index (κ2) is 10.8. The summed E-state index contributed by atoms with van der Waals surface area (Å²) in [6.07, 6.45) is 6.59. The Hall–Kier alpha value is -2.96. The van der Waals surface area contributed by atoms with E-state index in [4.69, 9.17) is 4.74 Å². The first kappa shape index (κ1) is 23.2. The third-order valence-electron chi connectivity index (χ3n) is 6.34. The molecule has 1 aromatic heterocycles. The number of halogens is 1. The molecule has 3 heterocycles. The average Bonchev–Trinajstić information content (AvgIpc) is 2.83. The number of ether oxygens (including phenoxy) is 1. The molecule has 0 aliphatic carbocycles. The number of rotatable bonds is 8. The van der Waals surface area contributed by atoms with Crippen molar-refractivity contribution in [2.45, 2.75) is 51.2 Å². The SMILES string of the molecule is CC(O)COc1ccc(Nc2ncc(F)c(NCC3CCCN4CCCCC34)n2)cc1C#N. The summed E-state index contributed by atoms with van der Waals surface area (Å²) >= 11 is 0. The maximum Gasteiger partial charge on any atom is 0.229 e. The summed E-state index contributed by atoms with van der Waals surface area (Å²) in [6.45, 7) is 4.73. The van der Waals surface area contributed by atoms with Gasteiger partial charge in [0.05, 0.1) is 17.9 Å². The molecule has 176 valence electrons. The van der Waals surface area contributed by atoms with Crippen molar-refractivity contribution in [3.8, 4) is 11.8 Å². The molecule has 1 aromatic carbocycles. The highest BCUT2D eigenvalue weighted by atomic mass is 19.1. The number of aromatic nitrogens is 2. The van der Waals surface area contributed by atoms with Crippen molar-refractivity contribution in [1.29, 1.82) is 5.26 Å². The summed E-state index contributed by atoms with van der Waals surface area (Å²) in [5.41, 5.74) is 0.897. The van der Waals surface area contributed by atoms with Gasteiger partial charge in [-0.3, -0.25) is 0 Å². The van der Waals surface area contributed by atoms with Gasteiger partial charge in [-0.15, -0.1) is 0 Å². The molecule has 2 aromatic rings. The molecule has 0 amide bonds. The van der Waals surface area contributed by atoms with E-state index in [9.17, 15) is 14.8 Å². The van der Waals surface area contributed by atoms with E-state index in [1.54, 1.807) is 25.1 Å². The fraction of sp³-hybridized carbons (Fsp3) is 0.542. The van der Waals surface area contributed by atoms with Crippen LogP contribution in [0.25, 0.3) is 0 Å². The zero-order valence-electron chi connectivity index (χ0n) is 18.9. The van der Waals surface area contributed by atoms with Gasteiger partial charge in [-0.25, -0.2) is 9.37 Å². The van der Waals surface area contributed by atoms with Gasteiger partial charge in [-0.1, -0.05) is 6.42 Å². The van der Waals surface area contributed by atoms with Crippen LogP contribution in [0.1, 0.15) is 44.6 Å². The summed E-state index contributed by atoms with van der Waals surface area (Å²) < 4.78 is 19.9. The van der Waals surface area contributed by atoms with Crippen LogP contribution in [0.15, 0.2) is 24.4 Å². The number of nitrogens with one attached hydrogen (secondary N) is 2. The average molecular weight is 455 g/mol. The van der Waals surface area contributed by atoms with Crippen LogP contribution in [0.4, 0.5) is 21.8 Å². The van der Waals surface area contributed by atoms with Crippen LogP contribution in [-0.4, -0.2) is 58.4 Å². The van der Waals surface area contributed by atoms with Crippen molar-refractivity contribution in [3.63, 3.8) is 0 Å². The van der Waals surface area contributed by atoms with E-state index < -0.39 is 11.9 Å². The Labute approximate surface area is 193 Å². The van der Waals surface area contributed by atoms with Crippen LogP contribution in [0.3, 0.4) is 0 Å². The van der Waals surface area contributed by atoms with Crippen LogP contribution in [0.5, 0.6) is 5.75 Å². The van der Waals surface area contributed by atoms with Crippen LogP contribution in [0.2, 0.25) is 0 Å². The maximum atomic E-state index is 14.4. The summed E-state index contributed by atoms with van der Waals surface area (Å²) in [4.78, 5) is 11.0. The topological polar surface area (TPSA) is 106 Å². The van der Waals surface area contributed by atoms with E-state index in [0.29, 0.717) is 35.5 Å². The number of nitrogens with zero attached hydrogens (tertiary/aromatic N) is 4. The zero-order chi connectivity index (χ0) is 23.2. The Morgan fingerprint density at radius 3 is 2.97 bits per heavy atom. The molecule has 4 rings (SSSR count). The van der Waals surface area contributed by atoms with Gasteiger partial charge in [0.25, 0.3) is 0 Å². The lowest BCUT2D eigenvalue weighted by molar-refractivity contribution is 0.0648. The molecule has 0 spiro atoms. The third kappa shape index (κ3) is 5.89. The molecule has 0 bridgehead atoms. The van der Waals surface area contributed by atoms with Gasteiger partial charge in [0.1, 0.15) is 18.4 Å². The molecule has 0 radical (unpaired) electrons. The number of nitriles is 1. The highest BCUT2D eigenvalue weighted by Crippen LogP contribution is 2.31. The second-order valence-corrected chi connectivity index (χ2v) is 8.88. The van der Waals surface area contributed by atoms with Crippen molar-refractivity contribution < 1.29 is 14.2 Å². The first-order valence-electron chi connectivity index (χ1n) is 11.7. The third-order valence-corrected chi connectivity index (χ3v) is 6.34. The second-order valence-electron chi connectivity index (χ2n) is 8.88. The molecule has 2 fully saturated rings. The summed E-state index contributed by atoms with van der Waals surface area (Å²) in [7, 11) is 0. The molecule has 2 aliphatic heterocycles. The molecule has 2 aliphatic rings. The normalized spacial score (nSPS) is 21.5. The molecule has 2 saturated heterocycles. The molecule has 3 unspecified atom stereocenters. The minimum atomic E-state index is -0.636. The Morgan fingerprint density at radius 1 is 1.30 bits per heavy atom. The molecule has 8 nitrogen and oxygen atoms in total. The standard InChI is InChI=1S/C24H31FN6O2/c1-16(32)15-33-22-8-7-19(11-18(22)12-26)29-24-28-14-20(25)23(30-24)27-13-17-5-4-10-31-9-3-2-6-21(17)31/h7-8,11,14,16-17,21,32H,2-6,9-10,13,15H2,1H3,(H2,27,28,29,30). The number of piperidine rings is 2. The predicted octanol–water partition coefficient (Wildman–Crippen LogP) is 3.67. The van der Waals surface area contributed by atoms with Crippen molar-refractivity contribution >= 4 is 17.5 Å². The lowest BCUT2D eigenvalue weighted by Crippen LogP contribution is -2.49. The van der Waals surface area contributed by atoms with E-state index in [2.05, 4.69) is 31.6 Å². The van der Waals surface area contributed by atoms with Gasteiger partial charge < -0.3 is 25.4 Å². The monoisotopic (exact) mass is 454 g/mol. The number of anilines is 3. The van der Waals surface area contributed by atoms with Crippen molar-refractivity contribution in [1.82, 2.24) is 14.9 Å². The molecule has 9 heteroatoms. The zero-order valence-corrected chi connectivity index (χ0v) is 18.9. The van der Waals surface area contributed by atoms with Crippen LogP contribution >= 0.6 is 0 Å². The first-order chi connectivity index (χ1) is 16.0. The van der Waals surface area contributed by atoms with E-state index in [-0.39, 0.29) is 18.4 Å². The number of aliphatic hydroxyl groups excluding tert-OH is 1. The first-order valence-corrected chi connectivity index (χ1v) is 11.7. The Bertz CT molecular complexity index is 993. The minimum Gasteiger partial charge on any atom is -0.490 e. The minimum absolute atomic E-state index is 0.0944. The molecule has 3 N–H and O–H groups in total. The van der Waals surface area contributed by atoms with E-state index >= 15 is 0 Å². The Morgan fingerprint density at radius 2 is 2.15 bits per heavy atom. The number of hydrogen-bond acceptors (Lipinski definition) is 8. The quantitative estimate of drug-likeness (QED) is 0.555. The van der Waals surface area contributed by atoms with E-state index in [1.165, 1.54) is 38.8 Å². The van der Waals surface area contributed by atoms with Crippen molar-refractivity contribution in [2.75, 3.05) is 36.9 Å². The summed E-state index contributed by atoms with van der Waals surface area (Å²) in [5, 5.41) is 25.0. The molecular formula is C24H31FN6O2. The van der Waals surface area contributed by atoms with Crippen LogP contribution in [0, 0.1) is 23.1 Å². The Kier molecular flexibility index (Phi) is 7.57. The van der Waals surface area contributed by atoms with Crippen molar-refractivity contribution in [3.05, 3.63) is 35.8 Å².